The number of hydrogen-bond acceptors (Lipinski definition) is 10. The van der Waals surface area contributed by atoms with Crippen LogP contribution in [0.4, 0.5) is 23.0 Å². The lowest BCUT2D eigenvalue weighted by Gasteiger charge is -2.12. The molecule has 1 heterocycles. The molecule has 0 saturated heterocycles. The highest BCUT2D eigenvalue weighted by Crippen LogP contribution is 2.28. The summed E-state index contributed by atoms with van der Waals surface area (Å²) in [5, 5.41) is 22.4. The number of amides is 2. The molecule has 2 amide bonds. The molecule has 2 aromatic carbocycles. The van der Waals surface area contributed by atoms with Crippen molar-refractivity contribution in [3.63, 3.8) is 0 Å². The summed E-state index contributed by atoms with van der Waals surface area (Å²) >= 11 is 5.72. The molecule has 0 aliphatic heterocycles. The number of rotatable bonds is 8. The number of anilines is 2. The smallest absolute Gasteiger partial charge is 0.276 e. The van der Waals surface area contributed by atoms with Crippen molar-refractivity contribution in [2.24, 2.45) is 0 Å². The van der Waals surface area contributed by atoms with Crippen molar-refractivity contribution in [1.82, 2.24) is 20.8 Å². The molecule has 174 valence electrons. The predicted molar refractivity (Wildman–Crippen MR) is 120 cm³/mol. The van der Waals surface area contributed by atoms with Gasteiger partial charge < -0.3 is 0 Å². The maximum absolute atomic E-state index is 12.4. The van der Waals surface area contributed by atoms with Crippen LogP contribution in [-0.4, -0.2) is 31.6 Å². The van der Waals surface area contributed by atoms with E-state index in [0.29, 0.717) is 11.1 Å². The van der Waals surface area contributed by atoms with Gasteiger partial charge in [-0.15, -0.1) is 0 Å². The van der Waals surface area contributed by atoms with Crippen LogP contribution in [0, 0.1) is 27.2 Å². The van der Waals surface area contributed by atoms with Gasteiger partial charge in [0.05, 0.1) is 9.85 Å². The van der Waals surface area contributed by atoms with E-state index in [2.05, 4.69) is 31.7 Å². The van der Waals surface area contributed by atoms with E-state index in [0.717, 1.165) is 12.4 Å². The lowest BCUT2D eigenvalue weighted by molar-refractivity contribution is -0.384. The zero-order valence-corrected chi connectivity index (χ0v) is 18.0. The van der Waals surface area contributed by atoms with Crippen molar-refractivity contribution in [3.05, 3.63) is 90.7 Å². The summed E-state index contributed by atoms with van der Waals surface area (Å²) in [7, 11) is 0. The monoisotopic (exact) mass is 486 g/mol. The Hall–Kier alpha value is -4.85. The largest absolute Gasteiger partial charge is 0.356 e. The standard InChI is InChI=1S/C19H15ClN8O6/c1-10-4-2-3-5-12(10)19(30)26-24-17-15(28(33)34)16(21-9-22-17)23-25-18(29)11-6-7-13(20)14(8-11)27(31)32/h2-9H,1H3,(H,25,29)(H,26,30)(H2,21,22,23,24). The number of nitrogens with zero attached hydrogens (tertiary/aromatic N) is 4. The number of benzene rings is 2. The Labute approximate surface area is 195 Å². The van der Waals surface area contributed by atoms with Crippen molar-refractivity contribution in [3.8, 4) is 0 Å². The Morgan fingerprint density at radius 2 is 1.53 bits per heavy atom. The average molecular weight is 487 g/mol. The highest BCUT2D eigenvalue weighted by atomic mass is 35.5. The van der Waals surface area contributed by atoms with Crippen molar-refractivity contribution >= 4 is 46.4 Å². The molecule has 34 heavy (non-hydrogen) atoms. The molecule has 0 spiro atoms. The second-order valence-electron chi connectivity index (χ2n) is 6.57. The van der Waals surface area contributed by atoms with Gasteiger partial charge in [-0.05, 0) is 30.7 Å². The summed E-state index contributed by atoms with van der Waals surface area (Å²) < 4.78 is 0. The number of aryl methyl sites for hydroxylation is 1. The first-order chi connectivity index (χ1) is 16.2. The van der Waals surface area contributed by atoms with E-state index in [4.69, 9.17) is 11.6 Å². The molecule has 0 fully saturated rings. The first-order valence-corrected chi connectivity index (χ1v) is 9.68. The zero-order chi connectivity index (χ0) is 24.8. The summed E-state index contributed by atoms with van der Waals surface area (Å²) in [5.74, 6) is -2.18. The third kappa shape index (κ3) is 5.31. The highest BCUT2D eigenvalue weighted by molar-refractivity contribution is 6.32. The van der Waals surface area contributed by atoms with Gasteiger partial charge in [0.25, 0.3) is 17.5 Å². The molecule has 3 aromatic rings. The number of nitrogens with one attached hydrogen (secondary N) is 4. The van der Waals surface area contributed by atoms with Crippen molar-refractivity contribution in [1.29, 1.82) is 0 Å². The predicted octanol–water partition coefficient (Wildman–Crippen LogP) is 2.77. The van der Waals surface area contributed by atoms with Crippen LogP contribution in [0.2, 0.25) is 5.02 Å². The molecule has 14 nitrogen and oxygen atoms in total. The first-order valence-electron chi connectivity index (χ1n) is 9.30. The van der Waals surface area contributed by atoms with Gasteiger partial charge in [0.2, 0.25) is 11.6 Å². The number of nitro benzene ring substituents is 1. The number of aromatic nitrogens is 2. The van der Waals surface area contributed by atoms with Gasteiger partial charge in [-0.3, -0.25) is 51.5 Å². The zero-order valence-electron chi connectivity index (χ0n) is 17.2. The van der Waals surface area contributed by atoms with Crippen LogP contribution >= 0.6 is 11.6 Å². The van der Waals surface area contributed by atoms with Gasteiger partial charge in [0, 0.05) is 17.2 Å². The molecule has 0 bridgehead atoms. The fourth-order valence-corrected chi connectivity index (χ4v) is 2.91. The van der Waals surface area contributed by atoms with Crippen LogP contribution < -0.4 is 21.7 Å². The quantitative estimate of drug-likeness (QED) is 0.271. The lowest BCUT2D eigenvalue weighted by atomic mass is 10.1. The van der Waals surface area contributed by atoms with E-state index in [1.165, 1.54) is 12.1 Å². The first kappa shape index (κ1) is 23.8. The highest BCUT2D eigenvalue weighted by Gasteiger charge is 2.24. The Balaban J connectivity index is 1.76. The summed E-state index contributed by atoms with van der Waals surface area (Å²) in [6.07, 6.45) is 0.955. The number of carbonyl (C=O) groups is 2. The van der Waals surface area contributed by atoms with Gasteiger partial charge in [-0.2, -0.15) is 0 Å². The van der Waals surface area contributed by atoms with Gasteiger partial charge in [0.15, 0.2) is 0 Å². The maximum Gasteiger partial charge on any atom is 0.356 e. The second kappa shape index (κ2) is 10.2. The minimum Gasteiger partial charge on any atom is -0.276 e. The number of hydrazine groups is 2. The molecular formula is C19H15ClN8O6. The molecular weight excluding hydrogens is 472 g/mol. The Morgan fingerprint density at radius 1 is 0.912 bits per heavy atom. The van der Waals surface area contributed by atoms with Crippen LogP contribution in [0.5, 0.6) is 0 Å². The van der Waals surface area contributed by atoms with Crippen molar-refractivity contribution in [2.75, 3.05) is 10.9 Å². The van der Waals surface area contributed by atoms with Crippen molar-refractivity contribution in [2.45, 2.75) is 6.92 Å². The summed E-state index contributed by atoms with van der Waals surface area (Å²) in [6.45, 7) is 1.72. The van der Waals surface area contributed by atoms with E-state index < -0.39 is 38.9 Å². The van der Waals surface area contributed by atoms with Gasteiger partial charge in [-0.25, -0.2) is 9.97 Å². The van der Waals surface area contributed by atoms with Crippen molar-refractivity contribution < 1.29 is 19.4 Å². The van der Waals surface area contributed by atoms with E-state index >= 15 is 0 Å². The van der Waals surface area contributed by atoms with E-state index in [1.807, 2.05) is 0 Å². The van der Waals surface area contributed by atoms with E-state index in [1.54, 1.807) is 31.2 Å². The minimum atomic E-state index is -0.852. The van der Waals surface area contributed by atoms with Crippen LogP contribution in [0.15, 0.2) is 48.8 Å². The van der Waals surface area contributed by atoms with Crippen LogP contribution in [0.1, 0.15) is 26.3 Å². The SMILES string of the molecule is Cc1ccccc1C(=O)NNc1ncnc(NNC(=O)c2ccc(Cl)c([N+](=O)[O-])c2)c1[N+](=O)[O-]. The molecule has 0 saturated carbocycles. The number of halogens is 1. The molecule has 0 aliphatic carbocycles. The number of nitro groups is 2. The molecule has 0 atom stereocenters. The Bertz CT molecular complexity index is 1300. The Kier molecular flexibility index (Phi) is 7.13. The van der Waals surface area contributed by atoms with Gasteiger partial charge in [-0.1, -0.05) is 29.8 Å². The minimum absolute atomic E-state index is 0.135. The van der Waals surface area contributed by atoms with Crippen LogP contribution in [-0.2, 0) is 0 Å². The molecule has 3 rings (SSSR count). The number of carbonyl (C=O) groups excluding carboxylic acids is 2. The Morgan fingerprint density at radius 3 is 2.12 bits per heavy atom. The van der Waals surface area contributed by atoms with Gasteiger partial charge in [0.1, 0.15) is 11.3 Å². The second-order valence-corrected chi connectivity index (χ2v) is 6.98. The lowest BCUT2D eigenvalue weighted by Crippen LogP contribution is -2.32. The molecule has 0 aliphatic rings. The number of hydrogen-bond donors (Lipinski definition) is 4. The molecule has 0 radical (unpaired) electrons. The summed E-state index contributed by atoms with van der Waals surface area (Å²) in [5.41, 5.74) is 8.84. The van der Waals surface area contributed by atoms with Crippen LogP contribution in [0.25, 0.3) is 0 Å². The summed E-state index contributed by atoms with van der Waals surface area (Å²) in [4.78, 5) is 53.2. The maximum atomic E-state index is 12.4. The summed E-state index contributed by atoms with van der Waals surface area (Å²) in [6, 6.07) is 10.1. The normalized spacial score (nSPS) is 10.2. The fraction of sp³-hybridized carbons (Fsp3) is 0.0526. The fourth-order valence-electron chi connectivity index (χ4n) is 2.73. The van der Waals surface area contributed by atoms with Gasteiger partial charge >= 0.3 is 5.69 Å². The molecule has 0 unspecified atom stereocenters. The topological polar surface area (TPSA) is 194 Å². The third-order valence-corrected chi connectivity index (χ3v) is 4.71. The average Bonchev–Trinajstić information content (AvgIpc) is 2.81. The molecule has 15 heteroatoms. The van der Waals surface area contributed by atoms with E-state index in [-0.39, 0.29) is 16.4 Å². The third-order valence-electron chi connectivity index (χ3n) is 4.39. The van der Waals surface area contributed by atoms with Crippen LogP contribution in [0.3, 0.4) is 0 Å². The molecule has 1 aromatic heterocycles. The van der Waals surface area contributed by atoms with E-state index in [9.17, 15) is 29.8 Å². The molecule has 4 N–H and O–H groups in total.